The maximum Gasteiger partial charge on any atom is 0.0946 e. The summed E-state index contributed by atoms with van der Waals surface area (Å²) in [6, 6.07) is 0.317. The average Bonchev–Trinajstić information content (AvgIpc) is 2.70. The molecule has 66 valence electrons. The molecule has 3 atom stereocenters. The highest BCUT2D eigenvalue weighted by atomic mass is 15.0. The summed E-state index contributed by atoms with van der Waals surface area (Å²) in [5, 5.41) is 0. The van der Waals surface area contributed by atoms with Crippen molar-refractivity contribution in [1.82, 2.24) is 9.55 Å². The molecule has 0 aliphatic heterocycles. The molecule has 0 amide bonds. The SMILES string of the molecule is CC(N)C1CC1c1cn(C)cn1. The zero-order valence-electron chi connectivity index (χ0n) is 7.57. The van der Waals surface area contributed by atoms with Crippen molar-refractivity contribution in [2.45, 2.75) is 25.3 Å². The molecule has 3 unspecified atom stereocenters. The molecule has 2 rings (SSSR count). The maximum atomic E-state index is 5.80. The third-order valence-corrected chi connectivity index (χ3v) is 2.62. The molecule has 0 aromatic carbocycles. The van der Waals surface area contributed by atoms with Crippen LogP contribution in [0, 0.1) is 5.92 Å². The second-order valence-corrected chi connectivity index (χ2v) is 3.83. The Hall–Kier alpha value is -0.830. The fourth-order valence-corrected chi connectivity index (χ4v) is 1.76. The quantitative estimate of drug-likeness (QED) is 0.706. The summed E-state index contributed by atoms with van der Waals surface area (Å²) in [5.41, 5.74) is 7.01. The van der Waals surface area contributed by atoms with Crippen LogP contribution in [0.3, 0.4) is 0 Å². The number of nitrogens with zero attached hydrogens (tertiary/aromatic N) is 2. The molecular formula is C9H15N3. The Bertz CT molecular complexity index is 277. The highest BCUT2D eigenvalue weighted by Gasteiger charge is 2.41. The van der Waals surface area contributed by atoms with Crippen LogP contribution in [0.15, 0.2) is 12.5 Å². The van der Waals surface area contributed by atoms with Crippen molar-refractivity contribution in [3.8, 4) is 0 Å². The molecule has 3 heteroatoms. The van der Waals surface area contributed by atoms with Gasteiger partial charge in [0.15, 0.2) is 0 Å². The molecule has 1 aliphatic carbocycles. The molecule has 1 fully saturated rings. The van der Waals surface area contributed by atoms with Crippen molar-refractivity contribution in [3.63, 3.8) is 0 Å². The summed E-state index contributed by atoms with van der Waals surface area (Å²) in [6.07, 6.45) is 5.16. The fraction of sp³-hybridized carbons (Fsp3) is 0.667. The van der Waals surface area contributed by atoms with Gasteiger partial charge in [0.1, 0.15) is 0 Å². The zero-order chi connectivity index (χ0) is 8.72. The van der Waals surface area contributed by atoms with Crippen molar-refractivity contribution < 1.29 is 0 Å². The third-order valence-electron chi connectivity index (χ3n) is 2.62. The van der Waals surface area contributed by atoms with Gasteiger partial charge in [0.2, 0.25) is 0 Å². The first-order chi connectivity index (χ1) is 5.68. The van der Waals surface area contributed by atoms with Gasteiger partial charge in [-0.2, -0.15) is 0 Å². The highest BCUT2D eigenvalue weighted by Crippen LogP contribution is 2.48. The van der Waals surface area contributed by atoms with E-state index in [2.05, 4.69) is 18.1 Å². The molecule has 2 N–H and O–H groups in total. The van der Waals surface area contributed by atoms with Crippen molar-refractivity contribution in [2.75, 3.05) is 0 Å². The van der Waals surface area contributed by atoms with Gasteiger partial charge >= 0.3 is 0 Å². The molecule has 1 aromatic heterocycles. The van der Waals surface area contributed by atoms with Crippen molar-refractivity contribution >= 4 is 0 Å². The van der Waals surface area contributed by atoms with Gasteiger partial charge in [-0.3, -0.25) is 0 Å². The van der Waals surface area contributed by atoms with Crippen LogP contribution in [-0.2, 0) is 7.05 Å². The first-order valence-corrected chi connectivity index (χ1v) is 4.42. The molecule has 0 radical (unpaired) electrons. The molecule has 1 aliphatic rings. The third kappa shape index (κ3) is 1.25. The highest BCUT2D eigenvalue weighted by molar-refractivity contribution is 5.16. The van der Waals surface area contributed by atoms with Crippen LogP contribution in [0.2, 0.25) is 0 Å². The first kappa shape index (κ1) is 7.80. The minimum Gasteiger partial charge on any atom is -0.340 e. The molecule has 1 saturated carbocycles. The Morgan fingerprint density at radius 2 is 2.50 bits per heavy atom. The van der Waals surface area contributed by atoms with E-state index >= 15 is 0 Å². The van der Waals surface area contributed by atoms with Crippen molar-refractivity contribution in [3.05, 3.63) is 18.2 Å². The Morgan fingerprint density at radius 1 is 1.75 bits per heavy atom. The Morgan fingerprint density at radius 3 is 2.92 bits per heavy atom. The summed E-state index contributed by atoms with van der Waals surface area (Å²) >= 11 is 0. The summed E-state index contributed by atoms with van der Waals surface area (Å²) in [5.74, 6) is 1.30. The van der Waals surface area contributed by atoms with Gasteiger partial charge in [-0.05, 0) is 19.3 Å². The Labute approximate surface area is 72.6 Å². The van der Waals surface area contributed by atoms with Gasteiger partial charge in [-0.1, -0.05) is 0 Å². The number of hydrogen-bond acceptors (Lipinski definition) is 2. The molecule has 1 aromatic rings. The topological polar surface area (TPSA) is 43.8 Å². The van der Waals surface area contributed by atoms with Gasteiger partial charge in [-0.25, -0.2) is 4.98 Å². The summed E-state index contributed by atoms with van der Waals surface area (Å²) < 4.78 is 1.99. The average molecular weight is 165 g/mol. The summed E-state index contributed by atoms with van der Waals surface area (Å²) in [4.78, 5) is 4.32. The largest absolute Gasteiger partial charge is 0.340 e. The van der Waals surface area contributed by atoms with E-state index in [-0.39, 0.29) is 0 Å². The van der Waals surface area contributed by atoms with Gasteiger partial charge in [0, 0.05) is 25.2 Å². The van der Waals surface area contributed by atoms with E-state index in [1.165, 1.54) is 12.1 Å². The monoisotopic (exact) mass is 165 g/mol. The normalized spacial score (nSPS) is 30.2. The number of aromatic nitrogens is 2. The number of aryl methyl sites for hydroxylation is 1. The Balaban J connectivity index is 2.05. The molecule has 0 spiro atoms. The van der Waals surface area contributed by atoms with Crippen LogP contribution >= 0.6 is 0 Å². The number of hydrogen-bond donors (Lipinski definition) is 1. The molecule has 3 nitrogen and oxygen atoms in total. The molecule has 1 heterocycles. The lowest BCUT2D eigenvalue weighted by atomic mass is 10.1. The predicted octanol–water partition coefficient (Wildman–Crippen LogP) is 0.871. The molecular weight excluding hydrogens is 150 g/mol. The van der Waals surface area contributed by atoms with Crippen LogP contribution in [0.4, 0.5) is 0 Å². The summed E-state index contributed by atoms with van der Waals surface area (Å²) in [7, 11) is 2.00. The van der Waals surface area contributed by atoms with Crippen LogP contribution in [0.1, 0.15) is 25.0 Å². The smallest absolute Gasteiger partial charge is 0.0946 e. The van der Waals surface area contributed by atoms with E-state index in [1.807, 2.05) is 17.9 Å². The number of nitrogens with two attached hydrogens (primary N) is 1. The fourth-order valence-electron chi connectivity index (χ4n) is 1.76. The van der Waals surface area contributed by atoms with E-state index in [1.54, 1.807) is 0 Å². The van der Waals surface area contributed by atoms with E-state index in [9.17, 15) is 0 Å². The molecule has 0 saturated heterocycles. The number of imidazole rings is 1. The zero-order valence-corrected chi connectivity index (χ0v) is 7.57. The predicted molar refractivity (Wildman–Crippen MR) is 47.7 cm³/mol. The first-order valence-electron chi connectivity index (χ1n) is 4.42. The minimum atomic E-state index is 0.317. The second-order valence-electron chi connectivity index (χ2n) is 3.83. The Kier molecular flexibility index (Phi) is 1.68. The van der Waals surface area contributed by atoms with E-state index in [4.69, 9.17) is 5.73 Å². The van der Waals surface area contributed by atoms with Crippen molar-refractivity contribution in [2.24, 2.45) is 18.7 Å². The second kappa shape index (κ2) is 2.59. The number of rotatable bonds is 2. The standard InChI is InChI=1S/C9H15N3/c1-6(10)7-3-8(7)9-4-12(2)5-11-9/h4-8H,3,10H2,1-2H3. The van der Waals surface area contributed by atoms with E-state index in [0.29, 0.717) is 17.9 Å². The molecule has 0 bridgehead atoms. The van der Waals surface area contributed by atoms with Gasteiger partial charge in [0.05, 0.1) is 12.0 Å². The van der Waals surface area contributed by atoms with E-state index < -0.39 is 0 Å². The lowest BCUT2D eigenvalue weighted by Crippen LogP contribution is -2.17. The lowest BCUT2D eigenvalue weighted by molar-refractivity contribution is 0.628. The van der Waals surface area contributed by atoms with Crippen LogP contribution < -0.4 is 5.73 Å². The van der Waals surface area contributed by atoms with Crippen molar-refractivity contribution in [1.29, 1.82) is 0 Å². The van der Waals surface area contributed by atoms with Crippen LogP contribution in [-0.4, -0.2) is 15.6 Å². The lowest BCUT2D eigenvalue weighted by Gasteiger charge is -2.00. The van der Waals surface area contributed by atoms with Gasteiger partial charge < -0.3 is 10.3 Å². The maximum absolute atomic E-state index is 5.80. The van der Waals surface area contributed by atoms with Gasteiger partial charge in [0.25, 0.3) is 0 Å². The minimum absolute atomic E-state index is 0.317. The van der Waals surface area contributed by atoms with Gasteiger partial charge in [-0.15, -0.1) is 0 Å². The van der Waals surface area contributed by atoms with E-state index in [0.717, 1.165) is 0 Å². The van der Waals surface area contributed by atoms with Crippen LogP contribution in [0.5, 0.6) is 0 Å². The summed E-state index contributed by atoms with van der Waals surface area (Å²) in [6.45, 7) is 2.08. The molecule has 12 heavy (non-hydrogen) atoms. The van der Waals surface area contributed by atoms with Crippen LogP contribution in [0.25, 0.3) is 0 Å².